The fraction of sp³-hybridized carbons (Fsp3) is 0.333. The van der Waals surface area contributed by atoms with Crippen LogP contribution in [-0.4, -0.2) is 35.2 Å². The molecule has 24 heavy (non-hydrogen) atoms. The second-order valence-electron chi connectivity index (χ2n) is 5.09. The zero-order valence-electron chi connectivity index (χ0n) is 12.7. The van der Waals surface area contributed by atoms with Gasteiger partial charge >= 0.3 is 6.61 Å². The number of ether oxygens (including phenoxy) is 1. The first-order chi connectivity index (χ1) is 11.5. The molecular weight excluding hydrogens is 356 g/mol. The molecule has 0 radical (unpaired) electrons. The molecule has 2 N–H and O–H groups in total. The van der Waals surface area contributed by atoms with Crippen LogP contribution < -0.4 is 15.4 Å². The zero-order chi connectivity index (χ0) is 17.1. The normalized spacial score (nSPS) is 17.2. The summed E-state index contributed by atoms with van der Waals surface area (Å²) in [6.45, 7) is -0.948. The van der Waals surface area contributed by atoms with Crippen LogP contribution in [0.15, 0.2) is 24.3 Å². The standard InChI is InChI=1S/C15H15F2N3O2S2/c1-8-12(9-2-4-10(5-3-9)22-14(16)17)19-15(24-8)20-13(21)11-6-23-7-18-11/h2-5,11,14,18H,6-7H2,1H3,(H,19,20,21). The first-order valence-electron chi connectivity index (χ1n) is 7.17. The Morgan fingerprint density at radius 1 is 1.42 bits per heavy atom. The van der Waals surface area contributed by atoms with Crippen molar-refractivity contribution in [3.63, 3.8) is 0 Å². The summed E-state index contributed by atoms with van der Waals surface area (Å²) in [6.07, 6.45) is 0. The number of thiazole rings is 1. The molecule has 0 spiro atoms. The second kappa shape index (κ2) is 7.45. The molecule has 1 amide bonds. The van der Waals surface area contributed by atoms with E-state index in [9.17, 15) is 13.6 Å². The van der Waals surface area contributed by atoms with Gasteiger partial charge in [0, 0.05) is 22.1 Å². The predicted molar refractivity (Wildman–Crippen MR) is 91.8 cm³/mol. The van der Waals surface area contributed by atoms with Crippen molar-refractivity contribution in [1.82, 2.24) is 10.3 Å². The van der Waals surface area contributed by atoms with Crippen LogP contribution in [0.4, 0.5) is 13.9 Å². The van der Waals surface area contributed by atoms with Crippen LogP contribution >= 0.6 is 23.1 Å². The van der Waals surface area contributed by atoms with Crippen LogP contribution in [0.1, 0.15) is 4.88 Å². The third-order valence-corrected chi connectivity index (χ3v) is 5.24. The van der Waals surface area contributed by atoms with E-state index in [0.717, 1.165) is 22.1 Å². The number of nitrogens with zero attached hydrogens (tertiary/aromatic N) is 1. The number of hydrogen-bond donors (Lipinski definition) is 2. The van der Waals surface area contributed by atoms with Gasteiger partial charge in [-0.25, -0.2) is 4.98 Å². The monoisotopic (exact) mass is 371 g/mol. The van der Waals surface area contributed by atoms with Gasteiger partial charge in [0.2, 0.25) is 5.91 Å². The van der Waals surface area contributed by atoms with Gasteiger partial charge in [0.05, 0.1) is 11.7 Å². The SMILES string of the molecule is Cc1sc(NC(=O)C2CSCN2)nc1-c1ccc(OC(F)F)cc1. The molecule has 0 aliphatic carbocycles. The van der Waals surface area contributed by atoms with E-state index in [0.29, 0.717) is 10.8 Å². The van der Waals surface area contributed by atoms with E-state index >= 15 is 0 Å². The minimum atomic E-state index is -2.85. The van der Waals surface area contributed by atoms with Crippen LogP contribution in [-0.2, 0) is 4.79 Å². The number of aryl methyl sites for hydroxylation is 1. The van der Waals surface area contributed by atoms with E-state index < -0.39 is 6.61 Å². The van der Waals surface area contributed by atoms with Gasteiger partial charge in [0.25, 0.3) is 0 Å². The van der Waals surface area contributed by atoms with E-state index in [-0.39, 0.29) is 17.7 Å². The van der Waals surface area contributed by atoms with E-state index in [4.69, 9.17) is 0 Å². The summed E-state index contributed by atoms with van der Waals surface area (Å²) in [6, 6.07) is 6.07. The van der Waals surface area contributed by atoms with Gasteiger partial charge < -0.3 is 10.1 Å². The summed E-state index contributed by atoms with van der Waals surface area (Å²) < 4.78 is 28.7. The molecule has 1 aromatic carbocycles. The summed E-state index contributed by atoms with van der Waals surface area (Å²) in [4.78, 5) is 17.5. The van der Waals surface area contributed by atoms with Gasteiger partial charge in [-0.05, 0) is 31.2 Å². The molecule has 2 aromatic rings. The van der Waals surface area contributed by atoms with Crippen LogP contribution in [0, 0.1) is 6.92 Å². The van der Waals surface area contributed by atoms with E-state index in [2.05, 4.69) is 20.4 Å². The van der Waals surface area contributed by atoms with Gasteiger partial charge in [-0.3, -0.25) is 10.1 Å². The van der Waals surface area contributed by atoms with Crippen molar-refractivity contribution in [2.45, 2.75) is 19.6 Å². The summed E-state index contributed by atoms with van der Waals surface area (Å²) in [5, 5.41) is 6.45. The van der Waals surface area contributed by atoms with Gasteiger partial charge in [0.1, 0.15) is 5.75 Å². The fourth-order valence-corrected chi connectivity index (χ4v) is 4.05. The second-order valence-corrected chi connectivity index (χ2v) is 7.32. The number of aromatic nitrogens is 1. The molecule has 1 atom stereocenters. The lowest BCUT2D eigenvalue weighted by atomic mass is 10.1. The number of hydrogen-bond acceptors (Lipinski definition) is 6. The molecule has 1 unspecified atom stereocenters. The quantitative estimate of drug-likeness (QED) is 0.844. The Balaban J connectivity index is 1.72. The molecule has 0 bridgehead atoms. The summed E-state index contributed by atoms with van der Waals surface area (Å²) in [5.74, 6) is 1.52. The highest BCUT2D eigenvalue weighted by Gasteiger charge is 2.23. The largest absolute Gasteiger partial charge is 0.435 e. The Morgan fingerprint density at radius 3 is 2.79 bits per heavy atom. The van der Waals surface area contributed by atoms with Gasteiger partial charge in [-0.1, -0.05) is 0 Å². The Morgan fingerprint density at radius 2 is 2.17 bits per heavy atom. The maximum atomic E-state index is 12.2. The number of anilines is 1. The van der Waals surface area contributed by atoms with Crippen LogP contribution in [0.25, 0.3) is 11.3 Å². The van der Waals surface area contributed by atoms with Gasteiger partial charge in [0.15, 0.2) is 5.13 Å². The molecule has 0 saturated carbocycles. The van der Waals surface area contributed by atoms with Gasteiger partial charge in [-0.2, -0.15) is 8.78 Å². The number of carbonyl (C=O) groups is 1. The Hall–Kier alpha value is -1.71. The zero-order valence-corrected chi connectivity index (χ0v) is 14.3. The van der Waals surface area contributed by atoms with Crippen LogP contribution in [0.2, 0.25) is 0 Å². The molecule has 1 aliphatic heterocycles. The lowest BCUT2D eigenvalue weighted by Gasteiger charge is -2.07. The minimum absolute atomic E-state index is 0.0963. The minimum Gasteiger partial charge on any atom is -0.435 e. The average molecular weight is 371 g/mol. The summed E-state index contributed by atoms with van der Waals surface area (Å²) in [7, 11) is 0. The fourth-order valence-electron chi connectivity index (χ4n) is 2.27. The molecule has 1 aliphatic rings. The highest BCUT2D eigenvalue weighted by molar-refractivity contribution is 7.99. The lowest BCUT2D eigenvalue weighted by Crippen LogP contribution is -2.37. The van der Waals surface area contributed by atoms with Crippen molar-refractivity contribution in [3.8, 4) is 17.0 Å². The average Bonchev–Trinajstić information content (AvgIpc) is 3.17. The van der Waals surface area contributed by atoms with Crippen LogP contribution in [0.5, 0.6) is 5.75 Å². The van der Waals surface area contributed by atoms with Crippen LogP contribution in [0.3, 0.4) is 0 Å². The highest BCUT2D eigenvalue weighted by Crippen LogP contribution is 2.31. The van der Waals surface area contributed by atoms with E-state index in [1.54, 1.807) is 23.9 Å². The molecule has 1 aromatic heterocycles. The molecule has 3 rings (SSSR count). The molecule has 5 nitrogen and oxygen atoms in total. The maximum Gasteiger partial charge on any atom is 0.387 e. The van der Waals surface area contributed by atoms with Crippen molar-refractivity contribution < 1.29 is 18.3 Å². The van der Waals surface area contributed by atoms with E-state index in [1.165, 1.54) is 23.5 Å². The number of carbonyl (C=O) groups excluding carboxylic acids is 1. The third kappa shape index (κ3) is 4.03. The van der Waals surface area contributed by atoms with Crippen molar-refractivity contribution >= 4 is 34.1 Å². The Kier molecular flexibility index (Phi) is 5.32. The highest BCUT2D eigenvalue weighted by atomic mass is 32.2. The van der Waals surface area contributed by atoms with Crippen molar-refractivity contribution in [1.29, 1.82) is 0 Å². The third-order valence-electron chi connectivity index (χ3n) is 3.41. The van der Waals surface area contributed by atoms with Crippen molar-refractivity contribution in [2.75, 3.05) is 16.9 Å². The molecule has 2 heterocycles. The maximum absolute atomic E-state index is 12.2. The lowest BCUT2D eigenvalue weighted by molar-refractivity contribution is -0.117. The number of nitrogens with one attached hydrogen (secondary N) is 2. The van der Waals surface area contributed by atoms with Crippen molar-refractivity contribution in [2.24, 2.45) is 0 Å². The predicted octanol–water partition coefficient (Wildman–Crippen LogP) is 3.32. The molecule has 1 fully saturated rings. The van der Waals surface area contributed by atoms with Crippen molar-refractivity contribution in [3.05, 3.63) is 29.1 Å². The molecule has 9 heteroatoms. The summed E-state index contributed by atoms with van der Waals surface area (Å²) >= 11 is 3.06. The molecule has 128 valence electrons. The number of thioether (sulfide) groups is 1. The first kappa shape index (κ1) is 17.1. The Labute approximate surface area is 145 Å². The number of amides is 1. The number of alkyl halides is 2. The number of halogens is 2. The summed E-state index contributed by atoms with van der Waals surface area (Å²) in [5.41, 5.74) is 1.49. The smallest absolute Gasteiger partial charge is 0.387 e. The number of benzene rings is 1. The number of rotatable bonds is 5. The molecule has 1 saturated heterocycles. The van der Waals surface area contributed by atoms with Gasteiger partial charge in [-0.15, -0.1) is 23.1 Å². The Bertz CT molecular complexity index is 716. The molecular formula is C15H15F2N3O2S2. The first-order valence-corrected chi connectivity index (χ1v) is 9.14. The van der Waals surface area contributed by atoms with E-state index in [1.807, 2.05) is 6.92 Å². The topological polar surface area (TPSA) is 63.2 Å².